The molecule has 8 aromatic carbocycles. The number of fused-ring (bicyclic) bond motifs is 7. The van der Waals surface area contributed by atoms with Crippen molar-refractivity contribution in [1.29, 1.82) is 0 Å². The monoisotopic (exact) mass is 906 g/mol. The van der Waals surface area contributed by atoms with Gasteiger partial charge in [0.15, 0.2) is 0 Å². The second kappa shape index (κ2) is 14.9. The number of ether oxygens (including phenoxy) is 2. The van der Waals surface area contributed by atoms with Gasteiger partial charge >= 0.3 is 0 Å². The molecule has 8 aromatic rings. The lowest BCUT2D eigenvalue weighted by molar-refractivity contribution is 0.219. The molecule has 338 valence electrons. The van der Waals surface area contributed by atoms with Gasteiger partial charge in [0, 0.05) is 70.2 Å². The molecule has 2 aliphatic heterocycles. The molecule has 0 aromatic heterocycles. The zero-order chi connectivity index (χ0) is 46.9. The van der Waals surface area contributed by atoms with Gasteiger partial charge in [0.2, 0.25) is 0 Å². The molecule has 0 radical (unpaired) electrons. The Kier molecular flexibility index (Phi) is 8.97. The molecule has 68 heavy (non-hydrogen) atoms. The van der Waals surface area contributed by atoms with Gasteiger partial charge < -0.3 is 60.5 Å². The zero-order valence-corrected chi connectivity index (χ0v) is 35.8. The highest BCUT2D eigenvalue weighted by Gasteiger charge is 2.55. The number of hydrogen-bond donors (Lipinski definition) is 10. The normalized spacial score (nSPS) is 22.6. The molecule has 0 bridgehead atoms. The molecule has 12 nitrogen and oxygen atoms in total. The van der Waals surface area contributed by atoms with Gasteiger partial charge in [-0.2, -0.15) is 0 Å². The van der Waals surface area contributed by atoms with E-state index in [1.54, 1.807) is 72.8 Å². The van der Waals surface area contributed by atoms with Crippen molar-refractivity contribution in [3.05, 3.63) is 212 Å². The third-order valence-electron chi connectivity index (χ3n) is 14.4. The first-order valence-corrected chi connectivity index (χ1v) is 22.2. The van der Waals surface area contributed by atoms with E-state index in [1.165, 1.54) is 60.7 Å². The van der Waals surface area contributed by atoms with E-state index in [4.69, 9.17) is 9.47 Å². The molecular weight excluding hydrogens is 865 g/mol. The van der Waals surface area contributed by atoms with E-state index in [2.05, 4.69) is 0 Å². The Morgan fingerprint density at radius 1 is 0.279 bits per heavy atom. The van der Waals surface area contributed by atoms with Crippen LogP contribution < -0.4 is 9.47 Å². The van der Waals surface area contributed by atoms with Gasteiger partial charge in [-0.25, -0.2) is 0 Å². The molecule has 10 N–H and O–H groups in total. The predicted molar refractivity (Wildman–Crippen MR) is 248 cm³/mol. The fourth-order valence-electron chi connectivity index (χ4n) is 12.1. The van der Waals surface area contributed by atoms with Crippen LogP contribution in [0.1, 0.15) is 114 Å². The molecule has 0 saturated heterocycles. The largest absolute Gasteiger partial charge is 0.508 e. The Bertz CT molecular complexity index is 3140. The number of benzene rings is 8. The summed E-state index contributed by atoms with van der Waals surface area (Å²) in [5, 5.41) is 116. The van der Waals surface area contributed by atoms with Crippen molar-refractivity contribution in [2.45, 2.75) is 47.7 Å². The van der Waals surface area contributed by atoms with E-state index in [0.29, 0.717) is 66.8 Å². The van der Waals surface area contributed by atoms with E-state index in [1.807, 2.05) is 12.1 Å². The van der Waals surface area contributed by atoms with Crippen LogP contribution in [0.5, 0.6) is 69.0 Å². The number of aromatic hydroxyl groups is 10. The summed E-state index contributed by atoms with van der Waals surface area (Å²) in [5.74, 6) is -6.56. The molecular formula is C56H42O12. The van der Waals surface area contributed by atoms with E-state index in [-0.39, 0.29) is 69.0 Å². The van der Waals surface area contributed by atoms with E-state index in [0.717, 1.165) is 0 Å². The Morgan fingerprint density at radius 2 is 0.647 bits per heavy atom. The molecule has 12 heteroatoms. The maximum Gasteiger partial charge on any atom is 0.135 e. The van der Waals surface area contributed by atoms with Gasteiger partial charge in [-0.3, -0.25) is 0 Å². The van der Waals surface area contributed by atoms with E-state index in [9.17, 15) is 51.1 Å². The minimum absolute atomic E-state index is 0.0179. The highest BCUT2D eigenvalue weighted by molar-refractivity contribution is 5.71. The van der Waals surface area contributed by atoms with Crippen LogP contribution in [0.15, 0.2) is 146 Å². The first-order valence-electron chi connectivity index (χ1n) is 22.2. The van der Waals surface area contributed by atoms with Gasteiger partial charge in [-0.1, -0.05) is 48.5 Å². The molecule has 8 atom stereocenters. The fourth-order valence-corrected chi connectivity index (χ4v) is 12.1. The average Bonchev–Trinajstić information content (AvgIpc) is 3.86. The molecule has 0 fully saturated rings. The van der Waals surface area contributed by atoms with Crippen molar-refractivity contribution in [2.24, 2.45) is 0 Å². The molecule has 12 rings (SSSR count). The zero-order valence-electron chi connectivity index (χ0n) is 35.8. The Morgan fingerprint density at radius 3 is 1.03 bits per heavy atom. The van der Waals surface area contributed by atoms with Gasteiger partial charge in [-0.15, -0.1) is 0 Å². The van der Waals surface area contributed by atoms with Crippen molar-refractivity contribution in [3.8, 4) is 69.0 Å². The van der Waals surface area contributed by atoms with Gasteiger partial charge in [-0.05, 0) is 117 Å². The molecule has 8 unspecified atom stereocenters. The maximum absolute atomic E-state index is 12.6. The van der Waals surface area contributed by atoms with Crippen LogP contribution in [0, 0.1) is 0 Å². The third kappa shape index (κ3) is 6.20. The topological polar surface area (TPSA) is 221 Å². The summed E-state index contributed by atoms with van der Waals surface area (Å²) in [5.41, 5.74) is 6.07. The number of phenols is 10. The van der Waals surface area contributed by atoms with E-state index < -0.39 is 47.7 Å². The molecule has 2 heterocycles. The quantitative estimate of drug-likeness (QED) is 0.0797. The Balaban J connectivity index is 1.30. The summed E-state index contributed by atoms with van der Waals surface area (Å²) < 4.78 is 13.8. The number of phenolic OH excluding ortho intramolecular Hbond substituents is 10. The average molecular weight is 907 g/mol. The molecule has 0 saturated carbocycles. The fraction of sp³-hybridized carbons (Fsp3) is 0.143. The summed E-state index contributed by atoms with van der Waals surface area (Å²) in [6.07, 6.45) is -1.74. The first kappa shape index (κ1) is 40.8. The molecule has 0 amide bonds. The molecule has 4 aliphatic rings. The van der Waals surface area contributed by atoms with Crippen LogP contribution in [0.25, 0.3) is 0 Å². The summed E-state index contributed by atoms with van der Waals surface area (Å²) in [6.45, 7) is 0. The highest BCUT2D eigenvalue weighted by atomic mass is 16.5. The Hall–Kier alpha value is -8.64. The summed E-state index contributed by atoms with van der Waals surface area (Å²) in [7, 11) is 0. The van der Waals surface area contributed by atoms with Crippen molar-refractivity contribution in [2.75, 3.05) is 0 Å². The van der Waals surface area contributed by atoms with Crippen LogP contribution in [-0.4, -0.2) is 51.1 Å². The van der Waals surface area contributed by atoms with Crippen molar-refractivity contribution in [1.82, 2.24) is 0 Å². The minimum Gasteiger partial charge on any atom is -0.508 e. The predicted octanol–water partition coefficient (Wildman–Crippen LogP) is 10.4. The second-order valence-electron chi connectivity index (χ2n) is 18.2. The van der Waals surface area contributed by atoms with Gasteiger partial charge in [0.1, 0.15) is 81.2 Å². The van der Waals surface area contributed by atoms with Crippen molar-refractivity contribution < 1.29 is 60.5 Å². The third-order valence-corrected chi connectivity index (χ3v) is 14.4. The molecule has 2 aliphatic carbocycles. The SMILES string of the molecule is Oc1ccc(C2Oc3cc(O)cc4c3C2c2cc(O)cc(O)c2C(c2cccc(O)c2)C2c3cc(O)cc5c3C(c3cc(O)cc(O)c3C(c3cccc(O)c3)C42)C(c2ccc(O)cc2)O5)cc1. The van der Waals surface area contributed by atoms with Crippen LogP contribution >= 0.6 is 0 Å². The van der Waals surface area contributed by atoms with Gasteiger partial charge in [0.25, 0.3) is 0 Å². The van der Waals surface area contributed by atoms with Crippen LogP contribution in [-0.2, 0) is 0 Å². The molecule has 0 spiro atoms. The highest BCUT2D eigenvalue weighted by Crippen LogP contribution is 2.69. The van der Waals surface area contributed by atoms with Crippen LogP contribution in [0.3, 0.4) is 0 Å². The standard InChI is InChI=1S/C56H42O12/c57-29-11-7-25(8-12-29)55-53-37-17-33(61)21-41(65)47(37)45(27-3-1-5-31(59)15-27)51-39-19-35(63)23-43-49(39)54(56(67-43)26-9-13-30(58)14-10-26)38-18-34(62)22-42(66)48(38)46(28-4-2-6-32(60)16-28)52(51)40-20-36(64)24-44(68-55)50(40)53/h1-24,45-46,51-66H. The number of hydrogen-bond acceptors (Lipinski definition) is 12. The maximum atomic E-state index is 12.6. The summed E-state index contributed by atoms with van der Waals surface area (Å²) >= 11 is 0. The lowest BCUT2D eigenvalue weighted by Gasteiger charge is -2.46. The lowest BCUT2D eigenvalue weighted by Crippen LogP contribution is -2.33. The first-order chi connectivity index (χ1) is 32.8. The lowest BCUT2D eigenvalue weighted by atomic mass is 9.55. The minimum atomic E-state index is -0.998. The summed E-state index contributed by atoms with van der Waals surface area (Å²) in [6, 6.07) is 38.2. The number of rotatable bonds is 4. The van der Waals surface area contributed by atoms with Crippen LogP contribution in [0.2, 0.25) is 0 Å². The Labute approximate surface area is 388 Å². The van der Waals surface area contributed by atoms with Crippen LogP contribution in [0.4, 0.5) is 0 Å². The smallest absolute Gasteiger partial charge is 0.135 e. The second-order valence-corrected chi connectivity index (χ2v) is 18.2. The van der Waals surface area contributed by atoms with Crippen molar-refractivity contribution in [3.63, 3.8) is 0 Å². The summed E-state index contributed by atoms with van der Waals surface area (Å²) in [4.78, 5) is 0. The van der Waals surface area contributed by atoms with Crippen molar-refractivity contribution >= 4 is 0 Å². The van der Waals surface area contributed by atoms with E-state index >= 15 is 0 Å². The van der Waals surface area contributed by atoms with Gasteiger partial charge in [0.05, 0.1) is 11.8 Å².